The summed E-state index contributed by atoms with van der Waals surface area (Å²) in [5.74, 6) is 0. The van der Waals surface area contributed by atoms with E-state index in [2.05, 4.69) is 55.3 Å². The molecule has 0 aliphatic heterocycles. The molecular weight excluding hydrogens is 314 g/mol. The molecule has 0 rings (SSSR count). The monoisotopic (exact) mass is 322 g/mol. The molecule has 0 fully saturated rings. The van der Waals surface area contributed by atoms with Crippen molar-refractivity contribution < 1.29 is 0 Å². The van der Waals surface area contributed by atoms with Crippen LogP contribution in [0.15, 0.2) is 10.2 Å². The fourth-order valence-electron chi connectivity index (χ4n) is 0.258. The summed E-state index contributed by atoms with van der Waals surface area (Å²) in [6.45, 7) is 0. The molecule has 0 nitrogen and oxygen atoms in total. The number of hydrogen-bond acceptors (Lipinski definition) is 0. The van der Waals surface area contributed by atoms with Gasteiger partial charge in [-0.15, -0.1) is 0 Å². The Morgan fingerprint density at radius 2 is 2.14 bits per heavy atom. The normalized spacial score (nSPS) is 10.6. The van der Waals surface area contributed by atoms with Gasteiger partial charge in [-0.1, -0.05) is 51.3 Å². The maximum atomic E-state index is 2.39. The Morgan fingerprint density at radius 1 is 1.43 bits per heavy atom. The van der Waals surface area contributed by atoms with Crippen LogP contribution in [0, 0.1) is 0 Å². The van der Waals surface area contributed by atoms with E-state index in [-0.39, 0.29) is 0 Å². The van der Waals surface area contributed by atoms with Crippen molar-refractivity contribution in [3.05, 3.63) is 10.2 Å². The average molecular weight is 322 g/mol. The minimum Gasteiger partial charge on any atom is -0.0864 e. The third kappa shape index (κ3) is 7.20. The molecule has 0 bridgehead atoms. The Balaban J connectivity index is 2.69. The third-order valence-electron chi connectivity index (χ3n) is 0.594. The molecule has 0 saturated carbocycles. The van der Waals surface area contributed by atoms with Gasteiger partial charge < -0.3 is 0 Å². The number of hydrogen-bond donors (Lipinski definition) is 0. The van der Waals surface area contributed by atoms with E-state index in [0.717, 1.165) is 0 Å². The molecular formula is C5H8I2. The Bertz CT molecular complexity index is 50.0. The quantitative estimate of drug-likeness (QED) is 0.425. The van der Waals surface area contributed by atoms with Crippen LogP contribution in [0.25, 0.3) is 0 Å². The Morgan fingerprint density at radius 3 is 2.57 bits per heavy atom. The van der Waals surface area contributed by atoms with Crippen LogP contribution in [0.2, 0.25) is 0 Å². The van der Waals surface area contributed by atoms with Crippen LogP contribution >= 0.6 is 45.2 Å². The Labute approximate surface area is 72.0 Å². The second-order valence-electron chi connectivity index (χ2n) is 1.19. The molecule has 7 heavy (non-hydrogen) atoms. The zero-order valence-corrected chi connectivity index (χ0v) is 8.35. The third-order valence-corrected chi connectivity index (χ3v) is 1.86. The number of unbranched alkanes of at least 4 members (excludes halogenated alkanes) is 1. The molecule has 0 aromatic carbocycles. The average Bonchev–Trinajstić information content (AvgIpc) is 1.69. The molecule has 0 heterocycles. The Hall–Kier alpha value is 1.20. The van der Waals surface area contributed by atoms with Crippen molar-refractivity contribution in [2.75, 3.05) is 4.43 Å². The summed E-state index contributed by atoms with van der Waals surface area (Å²) in [7, 11) is 0. The first kappa shape index (κ1) is 8.20. The first-order valence-corrected chi connectivity index (χ1v) is 5.00. The molecule has 0 unspecified atom stereocenters. The molecule has 0 amide bonds. The number of halogens is 2. The van der Waals surface area contributed by atoms with Crippen LogP contribution < -0.4 is 0 Å². The lowest BCUT2D eigenvalue weighted by Crippen LogP contribution is -1.67. The molecule has 0 aliphatic carbocycles. The van der Waals surface area contributed by atoms with Crippen LogP contribution in [0.1, 0.15) is 12.8 Å². The van der Waals surface area contributed by atoms with E-state index < -0.39 is 0 Å². The summed E-state index contributed by atoms with van der Waals surface area (Å²) in [5, 5.41) is 0. The van der Waals surface area contributed by atoms with Crippen LogP contribution in [-0.2, 0) is 0 Å². The summed E-state index contributed by atoms with van der Waals surface area (Å²) in [6, 6.07) is 0. The maximum absolute atomic E-state index is 2.39. The second-order valence-corrected chi connectivity index (χ2v) is 2.99. The number of alkyl halides is 1. The summed E-state index contributed by atoms with van der Waals surface area (Å²) in [5.41, 5.74) is 0. The predicted octanol–water partition coefficient (Wildman–Crippen LogP) is 3.15. The summed E-state index contributed by atoms with van der Waals surface area (Å²) in [4.78, 5) is 0. The van der Waals surface area contributed by atoms with Gasteiger partial charge in [0.25, 0.3) is 0 Å². The van der Waals surface area contributed by atoms with E-state index in [1.54, 1.807) is 0 Å². The highest BCUT2D eigenvalue weighted by Crippen LogP contribution is 1.96. The molecule has 0 atom stereocenters. The van der Waals surface area contributed by atoms with E-state index in [9.17, 15) is 0 Å². The lowest BCUT2D eigenvalue weighted by molar-refractivity contribution is 0.989. The van der Waals surface area contributed by atoms with Crippen molar-refractivity contribution in [3.8, 4) is 0 Å². The Kier molecular flexibility index (Phi) is 8.43. The highest BCUT2D eigenvalue weighted by molar-refractivity contribution is 14.1. The molecule has 0 spiro atoms. The SMILES string of the molecule is IC=CCCCI. The highest BCUT2D eigenvalue weighted by Gasteiger charge is 1.74. The fraction of sp³-hybridized carbons (Fsp3) is 0.600. The summed E-state index contributed by atoms with van der Waals surface area (Å²) in [6.07, 6.45) is 4.76. The van der Waals surface area contributed by atoms with Crippen LogP contribution in [0.4, 0.5) is 0 Å². The van der Waals surface area contributed by atoms with Gasteiger partial charge in [-0.2, -0.15) is 0 Å². The number of allylic oxidation sites excluding steroid dienone is 1. The molecule has 0 saturated heterocycles. The molecule has 2 heteroatoms. The van der Waals surface area contributed by atoms with Crippen LogP contribution in [-0.4, -0.2) is 4.43 Å². The molecule has 0 aromatic rings. The van der Waals surface area contributed by atoms with Gasteiger partial charge >= 0.3 is 0 Å². The highest BCUT2D eigenvalue weighted by atomic mass is 127. The van der Waals surface area contributed by atoms with Gasteiger partial charge in [-0.05, 0) is 21.4 Å². The zero-order chi connectivity index (χ0) is 5.54. The standard InChI is InChI=1S/C5H8I2/c6-4-2-1-3-5-7/h2,4H,1,3,5H2. The predicted molar refractivity (Wildman–Crippen MR) is 51.3 cm³/mol. The van der Waals surface area contributed by atoms with Crippen molar-refractivity contribution in [1.82, 2.24) is 0 Å². The van der Waals surface area contributed by atoms with Crippen molar-refractivity contribution >= 4 is 45.2 Å². The molecule has 0 aliphatic rings. The van der Waals surface area contributed by atoms with E-state index in [4.69, 9.17) is 0 Å². The first-order valence-electron chi connectivity index (χ1n) is 2.23. The van der Waals surface area contributed by atoms with Gasteiger partial charge in [0, 0.05) is 0 Å². The first-order chi connectivity index (χ1) is 3.41. The van der Waals surface area contributed by atoms with Crippen molar-refractivity contribution in [2.24, 2.45) is 0 Å². The lowest BCUT2D eigenvalue weighted by Gasteiger charge is -1.82. The second kappa shape index (κ2) is 7.20. The van der Waals surface area contributed by atoms with Crippen LogP contribution in [0.3, 0.4) is 0 Å². The molecule has 0 aromatic heterocycles. The van der Waals surface area contributed by atoms with E-state index in [1.165, 1.54) is 17.3 Å². The molecule has 0 radical (unpaired) electrons. The van der Waals surface area contributed by atoms with E-state index in [1.807, 2.05) is 0 Å². The maximum Gasteiger partial charge on any atom is -0.000178 e. The largest absolute Gasteiger partial charge is 0.0864 e. The molecule has 0 N–H and O–H groups in total. The number of rotatable bonds is 3. The van der Waals surface area contributed by atoms with E-state index in [0.29, 0.717) is 0 Å². The van der Waals surface area contributed by atoms with Crippen LogP contribution in [0.5, 0.6) is 0 Å². The zero-order valence-electron chi connectivity index (χ0n) is 4.03. The van der Waals surface area contributed by atoms with E-state index >= 15 is 0 Å². The van der Waals surface area contributed by atoms with Gasteiger partial charge in [0.15, 0.2) is 0 Å². The van der Waals surface area contributed by atoms with Gasteiger partial charge in [0.05, 0.1) is 0 Å². The van der Waals surface area contributed by atoms with Gasteiger partial charge in [0.2, 0.25) is 0 Å². The van der Waals surface area contributed by atoms with Gasteiger partial charge in [-0.25, -0.2) is 0 Å². The van der Waals surface area contributed by atoms with Crippen molar-refractivity contribution in [3.63, 3.8) is 0 Å². The summed E-state index contributed by atoms with van der Waals surface area (Å²) < 4.78 is 3.35. The van der Waals surface area contributed by atoms with Crippen molar-refractivity contribution in [2.45, 2.75) is 12.8 Å². The topological polar surface area (TPSA) is 0 Å². The van der Waals surface area contributed by atoms with Gasteiger partial charge in [0.1, 0.15) is 0 Å². The fourth-order valence-corrected chi connectivity index (χ4v) is 1.06. The smallest absolute Gasteiger partial charge is 0.000178 e. The van der Waals surface area contributed by atoms with Crippen molar-refractivity contribution in [1.29, 1.82) is 0 Å². The lowest BCUT2D eigenvalue weighted by atomic mass is 10.3. The molecule has 42 valence electrons. The summed E-state index contributed by atoms with van der Waals surface area (Å²) >= 11 is 4.63. The van der Waals surface area contributed by atoms with Gasteiger partial charge in [-0.3, -0.25) is 0 Å². The minimum atomic E-state index is 1.24. The minimum absolute atomic E-state index is 1.24.